The number of carbonyl (C=O) groups excluding carboxylic acids is 1. The number of nitrogens with zero attached hydrogens (tertiary/aromatic N) is 2. The molecular formula is C27H28N2O3. The number of unbranched alkanes of at least 4 members (excludes halogenated alkanes) is 2. The highest BCUT2D eigenvalue weighted by atomic mass is 16.5. The van der Waals surface area contributed by atoms with Crippen molar-refractivity contribution in [1.29, 1.82) is 0 Å². The van der Waals surface area contributed by atoms with E-state index in [1.165, 1.54) is 12.7 Å². The van der Waals surface area contributed by atoms with Crippen LogP contribution < -0.4 is 4.74 Å². The maximum Gasteiger partial charge on any atom is 0.305 e. The van der Waals surface area contributed by atoms with Crippen LogP contribution in [0.25, 0.3) is 28.1 Å². The Morgan fingerprint density at radius 2 is 1.78 bits per heavy atom. The van der Waals surface area contributed by atoms with Gasteiger partial charge < -0.3 is 9.47 Å². The number of aromatic nitrogens is 2. The quantitative estimate of drug-likeness (QED) is 0.238. The van der Waals surface area contributed by atoms with Crippen molar-refractivity contribution < 1.29 is 14.3 Å². The van der Waals surface area contributed by atoms with Gasteiger partial charge in [-0.1, -0.05) is 42.0 Å². The molecule has 32 heavy (non-hydrogen) atoms. The highest BCUT2D eigenvalue weighted by Gasteiger charge is 2.15. The van der Waals surface area contributed by atoms with Crippen LogP contribution in [0.1, 0.15) is 31.2 Å². The number of hydrogen-bond donors (Lipinski definition) is 0. The first-order valence-electron chi connectivity index (χ1n) is 11.0. The summed E-state index contributed by atoms with van der Waals surface area (Å²) in [4.78, 5) is 16.2. The second-order valence-electron chi connectivity index (χ2n) is 7.86. The minimum absolute atomic E-state index is 0.157. The van der Waals surface area contributed by atoms with Gasteiger partial charge in [0.15, 0.2) is 0 Å². The van der Waals surface area contributed by atoms with Crippen molar-refractivity contribution >= 4 is 17.0 Å². The van der Waals surface area contributed by atoms with Crippen molar-refractivity contribution in [3.63, 3.8) is 0 Å². The Balaban J connectivity index is 1.59. The molecule has 0 bridgehead atoms. The Kier molecular flexibility index (Phi) is 6.85. The molecule has 4 rings (SSSR count). The average molecular weight is 429 g/mol. The fourth-order valence-electron chi connectivity index (χ4n) is 3.80. The SMILES string of the molecule is COC(=O)CCCCCOc1ccc2nc(-c3cccc(C)c3)n(-c3ccccc3)c2c1. The standard InChI is InChI=1S/C27H28N2O3/c1-20-10-9-11-21(18-20)27-28-24-16-15-23(32-17-8-4-7-14-26(30)31-2)19-25(24)29(27)22-12-5-3-6-13-22/h3,5-6,9-13,15-16,18-19H,4,7-8,14,17H2,1-2H3. The number of para-hydroxylation sites is 1. The summed E-state index contributed by atoms with van der Waals surface area (Å²) in [5, 5.41) is 0. The maximum atomic E-state index is 11.2. The van der Waals surface area contributed by atoms with Crippen LogP contribution in [0.4, 0.5) is 0 Å². The van der Waals surface area contributed by atoms with Gasteiger partial charge >= 0.3 is 5.97 Å². The van der Waals surface area contributed by atoms with E-state index in [1.807, 2.05) is 30.3 Å². The molecule has 0 unspecified atom stereocenters. The van der Waals surface area contributed by atoms with Crippen LogP contribution in [0, 0.1) is 6.92 Å². The van der Waals surface area contributed by atoms with Crippen molar-refractivity contribution in [2.45, 2.75) is 32.6 Å². The van der Waals surface area contributed by atoms with E-state index >= 15 is 0 Å². The lowest BCUT2D eigenvalue weighted by Gasteiger charge is -2.11. The van der Waals surface area contributed by atoms with Gasteiger partial charge in [0.25, 0.3) is 0 Å². The molecule has 0 radical (unpaired) electrons. The third-order valence-electron chi connectivity index (χ3n) is 5.44. The zero-order valence-electron chi connectivity index (χ0n) is 18.6. The van der Waals surface area contributed by atoms with Gasteiger partial charge in [-0.25, -0.2) is 4.98 Å². The summed E-state index contributed by atoms with van der Waals surface area (Å²) in [6, 6.07) is 24.7. The first kappa shape index (κ1) is 21.6. The Bertz CT molecular complexity index is 1200. The number of esters is 1. The van der Waals surface area contributed by atoms with Crippen LogP contribution >= 0.6 is 0 Å². The summed E-state index contributed by atoms with van der Waals surface area (Å²) in [6.07, 6.45) is 3.09. The van der Waals surface area contributed by atoms with Crippen LogP contribution in [0.2, 0.25) is 0 Å². The van der Waals surface area contributed by atoms with Crippen LogP contribution in [0.5, 0.6) is 5.75 Å². The number of carbonyl (C=O) groups is 1. The van der Waals surface area contributed by atoms with Crippen LogP contribution in [-0.4, -0.2) is 29.2 Å². The van der Waals surface area contributed by atoms with E-state index < -0.39 is 0 Å². The van der Waals surface area contributed by atoms with Crippen molar-refractivity contribution in [3.8, 4) is 22.8 Å². The van der Waals surface area contributed by atoms with E-state index in [4.69, 9.17) is 9.72 Å². The molecule has 0 saturated heterocycles. The number of aryl methyl sites for hydroxylation is 1. The Hall–Kier alpha value is -3.60. The number of benzene rings is 3. The van der Waals surface area contributed by atoms with Gasteiger partial charge in [0.05, 0.1) is 24.8 Å². The van der Waals surface area contributed by atoms with Gasteiger partial charge in [-0.3, -0.25) is 9.36 Å². The normalized spacial score (nSPS) is 10.9. The number of hydrogen-bond acceptors (Lipinski definition) is 4. The molecule has 164 valence electrons. The Morgan fingerprint density at radius 1 is 0.938 bits per heavy atom. The lowest BCUT2D eigenvalue weighted by atomic mass is 10.1. The number of methoxy groups -OCH3 is 1. The molecule has 5 nitrogen and oxygen atoms in total. The van der Waals surface area contributed by atoms with E-state index in [-0.39, 0.29) is 5.97 Å². The maximum absolute atomic E-state index is 11.2. The fourth-order valence-corrected chi connectivity index (χ4v) is 3.80. The van der Waals surface area contributed by atoms with Crippen LogP contribution in [-0.2, 0) is 9.53 Å². The van der Waals surface area contributed by atoms with Crippen molar-refractivity contribution in [2.24, 2.45) is 0 Å². The molecule has 0 aliphatic carbocycles. The van der Waals surface area contributed by atoms with Crippen molar-refractivity contribution in [3.05, 3.63) is 78.4 Å². The summed E-state index contributed by atoms with van der Waals surface area (Å²) in [5.74, 6) is 1.57. The predicted molar refractivity (Wildman–Crippen MR) is 127 cm³/mol. The van der Waals surface area contributed by atoms with Gasteiger partial charge in [0.2, 0.25) is 0 Å². The van der Waals surface area contributed by atoms with Gasteiger partial charge in [0.1, 0.15) is 11.6 Å². The van der Waals surface area contributed by atoms with E-state index in [9.17, 15) is 4.79 Å². The first-order chi connectivity index (χ1) is 15.7. The molecule has 0 fully saturated rings. The van der Waals surface area contributed by atoms with Gasteiger partial charge in [-0.05, 0) is 56.5 Å². The fraction of sp³-hybridized carbons (Fsp3) is 0.259. The van der Waals surface area contributed by atoms with E-state index in [1.54, 1.807) is 0 Å². The zero-order valence-corrected chi connectivity index (χ0v) is 18.6. The van der Waals surface area contributed by atoms with E-state index in [0.717, 1.165) is 53.1 Å². The minimum Gasteiger partial charge on any atom is -0.494 e. The molecule has 3 aromatic carbocycles. The molecule has 0 spiro atoms. The molecule has 0 aliphatic rings. The van der Waals surface area contributed by atoms with E-state index in [0.29, 0.717) is 13.0 Å². The molecule has 5 heteroatoms. The third-order valence-corrected chi connectivity index (χ3v) is 5.44. The molecule has 0 saturated carbocycles. The van der Waals surface area contributed by atoms with Crippen LogP contribution in [0.3, 0.4) is 0 Å². The number of imidazole rings is 1. The molecule has 0 N–H and O–H groups in total. The zero-order chi connectivity index (χ0) is 22.3. The smallest absolute Gasteiger partial charge is 0.305 e. The monoisotopic (exact) mass is 428 g/mol. The average Bonchev–Trinajstić information content (AvgIpc) is 3.20. The number of fused-ring (bicyclic) bond motifs is 1. The Labute approximate surface area is 188 Å². The predicted octanol–water partition coefficient (Wildman–Crippen LogP) is 6.11. The number of ether oxygens (including phenoxy) is 2. The second-order valence-corrected chi connectivity index (χ2v) is 7.86. The molecule has 0 amide bonds. The second kappa shape index (κ2) is 10.1. The first-order valence-corrected chi connectivity index (χ1v) is 11.0. The van der Waals surface area contributed by atoms with Crippen molar-refractivity contribution in [1.82, 2.24) is 9.55 Å². The van der Waals surface area contributed by atoms with Gasteiger partial charge in [-0.15, -0.1) is 0 Å². The molecule has 1 aromatic heterocycles. The molecule has 0 atom stereocenters. The van der Waals surface area contributed by atoms with Crippen molar-refractivity contribution in [2.75, 3.05) is 13.7 Å². The summed E-state index contributed by atoms with van der Waals surface area (Å²) < 4.78 is 12.9. The van der Waals surface area contributed by atoms with Gasteiger partial charge in [0, 0.05) is 23.7 Å². The summed E-state index contributed by atoms with van der Waals surface area (Å²) >= 11 is 0. The molecule has 1 heterocycles. The summed E-state index contributed by atoms with van der Waals surface area (Å²) in [6.45, 7) is 2.70. The topological polar surface area (TPSA) is 53.4 Å². The Morgan fingerprint density at radius 3 is 2.56 bits per heavy atom. The lowest BCUT2D eigenvalue weighted by molar-refractivity contribution is -0.140. The minimum atomic E-state index is -0.157. The highest BCUT2D eigenvalue weighted by molar-refractivity contribution is 5.84. The molecular weight excluding hydrogens is 400 g/mol. The third kappa shape index (κ3) is 4.99. The molecule has 0 aliphatic heterocycles. The lowest BCUT2D eigenvalue weighted by Crippen LogP contribution is -2.01. The summed E-state index contributed by atoms with van der Waals surface area (Å²) in [7, 11) is 1.42. The van der Waals surface area contributed by atoms with E-state index in [2.05, 4.69) is 58.7 Å². The number of rotatable bonds is 9. The highest BCUT2D eigenvalue weighted by Crippen LogP contribution is 2.31. The van der Waals surface area contributed by atoms with Crippen LogP contribution in [0.15, 0.2) is 72.8 Å². The largest absolute Gasteiger partial charge is 0.494 e. The summed E-state index contributed by atoms with van der Waals surface area (Å²) in [5.41, 5.74) is 5.28. The van der Waals surface area contributed by atoms with Gasteiger partial charge in [-0.2, -0.15) is 0 Å². The molecule has 4 aromatic rings.